The number of ether oxygens (including phenoxy) is 1. The number of hydrogen-bond donors (Lipinski definition) is 5. The number of hydrogen-bond acceptors (Lipinski definition) is 7. The Morgan fingerprint density at radius 2 is 1.48 bits per heavy atom. The summed E-state index contributed by atoms with van der Waals surface area (Å²) in [4.78, 5) is 68.8. The summed E-state index contributed by atoms with van der Waals surface area (Å²) < 4.78 is 30.1. The van der Waals surface area contributed by atoms with Crippen LogP contribution in [0.3, 0.4) is 0 Å². The first-order chi connectivity index (χ1) is 15.3. The maximum atomic E-state index is 13.6. The van der Waals surface area contributed by atoms with Crippen molar-refractivity contribution in [1.82, 2.24) is 15.1 Å². The molecule has 0 spiro atoms. The van der Waals surface area contributed by atoms with Gasteiger partial charge in [0.1, 0.15) is 6.61 Å². The number of nitrogens with one attached hydrogen (secondary N) is 1. The lowest BCUT2D eigenvalue weighted by atomic mass is 9.77. The van der Waals surface area contributed by atoms with Crippen LogP contribution in [0, 0.1) is 5.41 Å². The van der Waals surface area contributed by atoms with Crippen molar-refractivity contribution in [1.29, 1.82) is 0 Å². The topological polar surface area (TPSA) is 177 Å². The van der Waals surface area contributed by atoms with Gasteiger partial charge in [-0.2, -0.15) is 0 Å². The Kier molecular flexibility index (Phi) is 11.2. The molecule has 0 aliphatic carbocycles. The van der Waals surface area contributed by atoms with Crippen molar-refractivity contribution in [3.8, 4) is 0 Å². The maximum absolute atomic E-state index is 13.6. The highest BCUT2D eigenvalue weighted by molar-refractivity contribution is 7.72. The van der Waals surface area contributed by atoms with Crippen LogP contribution in [0.5, 0.6) is 0 Å². The van der Waals surface area contributed by atoms with E-state index in [2.05, 4.69) is 10.2 Å². The molecule has 0 aromatic heterocycles. The minimum Gasteiger partial charge on any atom is -0.464 e. The minimum atomic E-state index is -5.50. The van der Waals surface area contributed by atoms with E-state index in [4.69, 9.17) is 4.74 Å². The number of esters is 1. The summed E-state index contributed by atoms with van der Waals surface area (Å²) in [6.07, 6.45) is -0.791. The molecule has 0 aromatic carbocycles. The van der Waals surface area contributed by atoms with Gasteiger partial charge in [-0.15, -0.1) is 0 Å². The van der Waals surface area contributed by atoms with Crippen molar-refractivity contribution in [3.63, 3.8) is 0 Å². The molecule has 194 valence electrons. The molecule has 5 N–H and O–H groups in total. The van der Waals surface area contributed by atoms with Crippen LogP contribution in [0.25, 0.3) is 0 Å². The summed E-state index contributed by atoms with van der Waals surface area (Å²) in [5.74, 6) is -1.53. The zero-order chi connectivity index (χ0) is 25.5. The van der Waals surface area contributed by atoms with E-state index in [1.54, 1.807) is 13.8 Å². The van der Waals surface area contributed by atoms with Crippen molar-refractivity contribution in [3.05, 3.63) is 0 Å². The fraction of sp³-hybridized carbons (Fsp3) is 0.895. The van der Waals surface area contributed by atoms with Gasteiger partial charge < -0.3 is 34.5 Å². The molecule has 0 atom stereocenters. The Labute approximate surface area is 195 Å². The van der Waals surface area contributed by atoms with Crippen LogP contribution in [-0.4, -0.2) is 92.1 Å². The van der Waals surface area contributed by atoms with Crippen molar-refractivity contribution >= 4 is 27.1 Å². The van der Waals surface area contributed by atoms with E-state index in [9.17, 15) is 38.3 Å². The van der Waals surface area contributed by atoms with Crippen LogP contribution in [0.2, 0.25) is 0 Å². The first-order valence-electron chi connectivity index (χ1n) is 11.3. The van der Waals surface area contributed by atoms with Gasteiger partial charge in [0.2, 0.25) is 10.9 Å². The number of nitrogens with zero attached hydrogens (tertiary/aromatic N) is 2. The van der Waals surface area contributed by atoms with Crippen molar-refractivity contribution < 1.29 is 43.0 Å². The van der Waals surface area contributed by atoms with Crippen LogP contribution < -0.4 is 5.32 Å². The molecular formula is C19H39N3O9P2. The molecular weight excluding hydrogens is 476 g/mol. The average molecular weight is 515 g/mol. The van der Waals surface area contributed by atoms with E-state index in [1.807, 2.05) is 0 Å². The largest absolute Gasteiger partial charge is 0.464 e. The highest BCUT2D eigenvalue weighted by Crippen LogP contribution is 2.72. The second-order valence-electron chi connectivity index (χ2n) is 8.24. The predicted molar refractivity (Wildman–Crippen MR) is 122 cm³/mol. The number of amides is 1. The summed E-state index contributed by atoms with van der Waals surface area (Å²) in [5, 5.41) is 0.218. The molecule has 14 heteroatoms. The van der Waals surface area contributed by atoms with Gasteiger partial charge in [0, 0.05) is 39.3 Å². The first kappa shape index (κ1) is 30.2. The Morgan fingerprint density at radius 3 is 1.88 bits per heavy atom. The van der Waals surface area contributed by atoms with Crippen LogP contribution >= 0.6 is 15.2 Å². The first-order valence-corrected chi connectivity index (χ1v) is 14.5. The fourth-order valence-corrected chi connectivity index (χ4v) is 7.64. The van der Waals surface area contributed by atoms with Crippen LogP contribution in [0.4, 0.5) is 0 Å². The summed E-state index contributed by atoms with van der Waals surface area (Å²) in [7, 11) is -11.0. The third-order valence-electron chi connectivity index (χ3n) is 6.57. The standard InChI is InChI=1S/C19H39N3O9P2/c1-5-18(6-2,15-16(23)31-14-13-21-11-9-20-10-12-21)17(24)22(8-4)19(7-3,32(25,26)27)33(28,29)30/h20H,5-15H2,1-4H3,(H2,25,26,27)(H2,28,29,30). The predicted octanol–water partition coefficient (Wildman–Crippen LogP) is 0.899. The molecule has 0 radical (unpaired) electrons. The minimum absolute atomic E-state index is 0.119. The maximum Gasteiger partial charge on any atom is 0.363 e. The van der Waals surface area contributed by atoms with E-state index in [-0.39, 0.29) is 32.4 Å². The Bertz CT molecular complexity index is 736. The Morgan fingerprint density at radius 1 is 0.970 bits per heavy atom. The number of carbonyl (C=O) groups excluding carboxylic acids is 2. The molecule has 1 amide bonds. The van der Waals surface area contributed by atoms with Crippen LogP contribution in [0.1, 0.15) is 53.4 Å². The van der Waals surface area contributed by atoms with Crippen LogP contribution in [0.15, 0.2) is 0 Å². The second-order valence-corrected chi connectivity index (χ2v) is 12.3. The van der Waals surface area contributed by atoms with Gasteiger partial charge in [-0.1, -0.05) is 20.8 Å². The van der Waals surface area contributed by atoms with Crippen molar-refractivity contribution in [2.24, 2.45) is 5.41 Å². The van der Waals surface area contributed by atoms with E-state index >= 15 is 0 Å². The lowest BCUT2D eigenvalue weighted by Gasteiger charge is -2.46. The lowest BCUT2D eigenvalue weighted by molar-refractivity contribution is -0.156. The molecule has 1 aliphatic heterocycles. The zero-order valence-corrected chi connectivity index (χ0v) is 21.7. The van der Waals surface area contributed by atoms with Crippen molar-refractivity contribution in [2.45, 2.75) is 58.4 Å². The number of carbonyl (C=O) groups is 2. The summed E-state index contributed by atoms with van der Waals surface area (Å²) in [5.41, 5.74) is -1.42. The summed E-state index contributed by atoms with van der Waals surface area (Å²) >= 11 is 0. The van der Waals surface area contributed by atoms with Gasteiger partial charge in [0.05, 0.1) is 11.8 Å². The van der Waals surface area contributed by atoms with Gasteiger partial charge in [0.25, 0.3) is 0 Å². The molecule has 0 bridgehead atoms. The van der Waals surface area contributed by atoms with Crippen LogP contribution in [-0.2, 0) is 23.5 Å². The molecule has 1 aliphatic rings. The van der Waals surface area contributed by atoms with E-state index in [0.717, 1.165) is 26.2 Å². The van der Waals surface area contributed by atoms with Crippen molar-refractivity contribution in [2.75, 3.05) is 45.9 Å². The third-order valence-corrected chi connectivity index (χ3v) is 11.1. The highest BCUT2D eigenvalue weighted by atomic mass is 31.2. The van der Waals surface area contributed by atoms with Gasteiger partial charge in [0.15, 0.2) is 0 Å². The molecule has 12 nitrogen and oxygen atoms in total. The molecule has 33 heavy (non-hydrogen) atoms. The number of rotatable bonds is 13. The summed E-state index contributed by atoms with van der Waals surface area (Å²) in [6.45, 7) is 9.57. The summed E-state index contributed by atoms with van der Waals surface area (Å²) in [6, 6.07) is 0. The quantitative estimate of drug-likeness (QED) is 0.174. The highest BCUT2D eigenvalue weighted by Gasteiger charge is 2.65. The average Bonchev–Trinajstić information content (AvgIpc) is 2.74. The van der Waals surface area contributed by atoms with E-state index in [0.29, 0.717) is 11.4 Å². The van der Waals surface area contributed by atoms with Gasteiger partial charge >= 0.3 is 21.2 Å². The number of piperazine rings is 1. The normalized spacial score (nSPS) is 16.5. The Balaban J connectivity index is 3.15. The van der Waals surface area contributed by atoms with Gasteiger partial charge in [-0.3, -0.25) is 23.6 Å². The molecule has 0 aromatic rings. The smallest absolute Gasteiger partial charge is 0.363 e. The SMILES string of the molecule is CCN(C(=O)C(CC)(CC)CC(=O)OCCN1CCNCC1)C(CC)(P(=O)(O)O)P(=O)(O)O. The van der Waals surface area contributed by atoms with Gasteiger partial charge in [-0.25, -0.2) is 0 Å². The Hall–Kier alpha value is -0.840. The monoisotopic (exact) mass is 515 g/mol. The third kappa shape index (κ3) is 6.64. The van der Waals surface area contributed by atoms with E-state index in [1.165, 1.54) is 13.8 Å². The second kappa shape index (κ2) is 12.2. The molecule has 0 saturated carbocycles. The van der Waals surface area contributed by atoms with E-state index < -0.39 is 43.9 Å². The van der Waals surface area contributed by atoms with Gasteiger partial charge in [-0.05, 0) is 26.2 Å². The molecule has 1 rings (SSSR count). The zero-order valence-electron chi connectivity index (χ0n) is 19.9. The fourth-order valence-electron chi connectivity index (χ4n) is 4.36. The molecule has 0 unspecified atom stereocenters. The molecule has 1 saturated heterocycles. The molecule has 1 heterocycles. The molecule has 1 fully saturated rings. The lowest BCUT2D eigenvalue weighted by Crippen LogP contribution is -2.56.